The molecule has 0 atom stereocenters. The van der Waals surface area contributed by atoms with Gasteiger partial charge in [0.15, 0.2) is 0 Å². The van der Waals surface area contributed by atoms with Crippen LogP contribution in [0.5, 0.6) is 0 Å². The van der Waals surface area contributed by atoms with E-state index in [0.717, 1.165) is 54.1 Å². The molecule has 2 heterocycles. The average Bonchev–Trinajstić information content (AvgIpc) is 3.55. The highest BCUT2D eigenvalue weighted by atomic mass is 35.5. The van der Waals surface area contributed by atoms with Crippen LogP contribution in [0.2, 0.25) is 5.02 Å². The first-order chi connectivity index (χ1) is 22.9. The first-order valence-corrected chi connectivity index (χ1v) is 19.7. The molecular weight excluding hydrogens is 684 g/mol. The molecule has 2 N–H and O–H groups in total. The molecule has 1 aliphatic rings. The molecule has 1 aliphatic heterocycles. The standard InChI is InChI=1S/C36H41ClN4O4S3/c1-5-27(21-35-40(17-9-19-48(43,44)45)30-20-26(4)12-14-32(30)46-35)22-36-41(31-23-28(37)13-15-33(31)47-36)24-38-34(42)16-18-39(25(2)3)29-10-7-6-8-11-29/h6-8,10-15,20-23,25H,5,9,16-19,24H2,1-4H3,(H-,38,42,43,44,45)/p+1. The minimum Gasteiger partial charge on any atom is -0.369 e. The molecule has 1 aromatic heterocycles. The third-order valence-corrected chi connectivity index (χ3v) is 11.4. The third kappa shape index (κ3) is 9.21. The van der Waals surface area contributed by atoms with Gasteiger partial charge in [-0.1, -0.05) is 65.9 Å². The SMILES string of the molecule is CCC(/C=C1\Sc2ccc(C)cc2N1CCCS(=O)(=O)O)=C\c1sc2ccc(Cl)cc2[n+]1CNC(=O)CCN(c1ccccc1)C(C)C. The lowest BCUT2D eigenvalue weighted by Gasteiger charge is -2.28. The highest BCUT2D eigenvalue weighted by Gasteiger charge is 2.26. The van der Waals surface area contributed by atoms with Crippen LogP contribution in [0.25, 0.3) is 16.3 Å². The van der Waals surface area contributed by atoms with Crippen LogP contribution in [-0.4, -0.2) is 43.8 Å². The number of amides is 1. The summed E-state index contributed by atoms with van der Waals surface area (Å²) in [5.41, 5.74) is 5.27. The Kier molecular flexibility index (Phi) is 11.9. The van der Waals surface area contributed by atoms with Crippen molar-refractivity contribution in [1.29, 1.82) is 0 Å². The second-order valence-electron chi connectivity index (χ2n) is 12.0. The predicted octanol–water partition coefficient (Wildman–Crippen LogP) is 8.05. The van der Waals surface area contributed by atoms with Gasteiger partial charge in [0.2, 0.25) is 18.1 Å². The number of halogens is 1. The molecule has 12 heteroatoms. The maximum atomic E-state index is 13.2. The van der Waals surface area contributed by atoms with E-state index in [-0.39, 0.29) is 17.7 Å². The van der Waals surface area contributed by atoms with E-state index in [4.69, 9.17) is 11.6 Å². The van der Waals surface area contributed by atoms with Crippen LogP contribution >= 0.6 is 34.7 Å². The van der Waals surface area contributed by atoms with E-state index in [0.29, 0.717) is 37.6 Å². The number of allylic oxidation sites excluding steroid dienone is 2. The van der Waals surface area contributed by atoms with Gasteiger partial charge in [0.1, 0.15) is 4.70 Å². The summed E-state index contributed by atoms with van der Waals surface area (Å²) in [6, 6.07) is 22.5. The quantitative estimate of drug-likeness (QED) is 0.100. The number of rotatable bonds is 14. The molecule has 0 bridgehead atoms. The fraction of sp³-hybridized carbons (Fsp3) is 0.333. The van der Waals surface area contributed by atoms with Gasteiger partial charge in [0, 0.05) is 53.3 Å². The summed E-state index contributed by atoms with van der Waals surface area (Å²) in [6.45, 7) is 9.76. The van der Waals surface area contributed by atoms with E-state index < -0.39 is 10.1 Å². The van der Waals surface area contributed by atoms with Crippen LogP contribution < -0.4 is 19.7 Å². The first kappa shape index (κ1) is 35.9. The minimum absolute atomic E-state index is 0.0332. The van der Waals surface area contributed by atoms with Gasteiger partial charge in [-0.05, 0) is 87.2 Å². The molecule has 5 rings (SSSR count). The number of hydrogen-bond acceptors (Lipinski definition) is 7. The lowest BCUT2D eigenvalue weighted by Crippen LogP contribution is -2.45. The van der Waals surface area contributed by atoms with Crippen molar-refractivity contribution in [1.82, 2.24) is 5.32 Å². The molecule has 4 aromatic rings. The fourth-order valence-electron chi connectivity index (χ4n) is 5.64. The Hall–Kier alpha value is -3.35. The summed E-state index contributed by atoms with van der Waals surface area (Å²) in [6.07, 6.45) is 5.71. The summed E-state index contributed by atoms with van der Waals surface area (Å²) < 4.78 is 35.4. The Morgan fingerprint density at radius 2 is 1.90 bits per heavy atom. The van der Waals surface area contributed by atoms with Crippen LogP contribution in [-0.2, 0) is 21.6 Å². The third-order valence-electron chi connectivity index (χ3n) is 8.11. The minimum atomic E-state index is -4.05. The fourth-order valence-corrected chi connectivity index (χ4v) is 8.57. The molecule has 3 aromatic carbocycles. The first-order valence-electron chi connectivity index (χ1n) is 16.1. The lowest BCUT2D eigenvalue weighted by atomic mass is 10.1. The second kappa shape index (κ2) is 15.9. The van der Waals surface area contributed by atoms with Crippen molar-refractivity contribution in [2.24, 2.45) is 0 Å². The van der Waals surface area contributed by atoms with Gasteiger partial charge in [-0.3, -0.25) is 9.35 Å². The molecule has 0 radical (unpaired) electrons. The van der Waals surface area contributed by atoms with Gasteiger partial charge < -0.3 is 15.1 Å². The Morgan fingerprint density at radius 3 is 2.60 bits per heavy atom. The van der Waals surface area contributed by atoms with Crippen molar-refractivity contribution >= 4 is 78.4 Å². The van der Waals surface area contributed by atoms with Crippen molar-refractivity contribution in [2.75, 3.05) is 28.6 Å². The Morgan fingerprint density at radius 1 is 1.12 bits per heavy atom. The highest BCUT2D eigenvalue weighted by molar-refractivity contribution is 8.03. The molecule has 8 nitrogen and oxygen atoms in total. The van der Waals surface area contributed by atoms with Crippen molar-refractivity contribution < 1.29 is 22.3 Å². The summed E-state index contributed by atoms with van der Waals surface area (Å²) in [5.74, 6) is -0.328. The van der Waals surface area contributed by atoms with Crippen LogP contribution in [0.3, 0.4) is 0 Å². The number of nitrogens with one attached hydrogen (secondary N) is 1. The van der Waals surface area contributed by atoms with Gasteiger partial charge in [0.25, 0.3) is 15.1 Å². The zero-order chi connectivity index (χ0) is 34.4. The topological polar surface area (TPSA) is 93.8 Å². The van der Waals surface area contributed by atoms with Gasteiger partial charge in [-0.15, -0.1) is 0 Å². The number of hydrogen-bond donors (Lipinski definition) is 2. The number of nitrogens with zero attached hydrogens (tertiary/aromatic N) is 3. The zero-order valence-electron chi connectivity index (χ0n) is 27.6. The van der Waals surface area contributed by atoms with E-state index >= 15 is 0 Å². The number of anilines is 2. The van der Waals surface area contributed by atoms with Crippen molar-refractivity contribution in [3.63, 3.8) is 0 Å². The van der Waals surface area contributed by atoms with Gasteiger partial charge in [-0.25, -0.2) is 0 Å². The molecule has 0 unspecified atom stereocenters. The number of aromatic nitrogens is 1. The van der Waals surface area contributed by atoms with Crippen molar-refractivity contribution in [3.8, 4) is 0 Å². The summed E-state index contributed by atoms with van der Waals surface area (Å²) in [7, 11) is -4.05. The molecular formula is C36H42ClN4O4S3+. The number of para-hydroxylation sites is 1. The molecule has 1 amide bonds. The number of thioether (sulfide) groups is 1. The van der Waals surface area contributed by atoms with Gasteiger partial charge in [0.05, 0.1) is 16.5 Å². The lowest BCUT2D eigenvalue weighted by molar-refractivity contribution is -0.672. The Labute approximate surface area is 296 Å². The smallest absolute Gasteiger partial charge is 0.264 e. The molecule has 0 aliphatic carbocycles. The van der Waals surface area contributed by atoms with E-state index in [9.17, 15) is 17.8 Å². The monoisotopic (exact) mass is 725 g/mol. The largest absolute Gasteiger partial charge is 0.369 e. The number of carbonyl (C=O) groups is 1. The second-order valence-corrected chi connectivity index (χ2v) is 16.2. The molecule has 48 heavy (non-hydrogen) atoms. The Bertz CT molecular complexity index is 1940. The van der Waals surface area contributed by atoms with E-state index in [1.54, 1.807) is 23.1 Å². The highest BCUT2D eigenvalue weighted by Crippen LogP contribution is 2.47. The summed E-state index contributed by atoms with van der Waals surface area (Å²) in [5, 5.41) is 5.74. The predicted molar refractivity (Wildman–Crippen MR) is 200 cm³/mol. The Balaban J connectivity index is 1.39. The van der Waals surface area contributed by atoms with Crippen LogP contribution in [0.1, 0.15) is 50.6 Å². The van der Waals surface area contributed by atoms with Gasteiger partial charge in [-0.2, -0.15) is 13.0 Å². The van der Waals surface area contributed by atoms with Crippen LogP contribution in [0.15, 0.2) is 88.3 Å². The van der Waals surface area contributed by atoms with Crippen molar-refractivity contribution in [2.45, 2.75) is 64.6 Å². The molecule has 0 fully saturated rings. The van der Waals surface area contributed by atoms with Crippen LogP contribution in [0, 0.1) is 6.92 Å². The normalized spacial score (nSPS) is 14.3. The molecule has 0 saturated heterocycles. The maximum Gasteiger partial charge on any atom is 0.264 e. The maximum absolute atomic E-state index is 13.2. The molecule has 0 saturated carbocycles. The van der Waals surface area contributed by atoms with E-state index in [2.05, 4.69) is 82.9 Å². The van der Waals surface area contributed by atoms with E-state index in [1.165, 1.54) is 0 Å². The number of carbonyl (C=O) groups excluding carboxylic acids is 1. The number of benzene rings is 3. The number of aryl methyl sites for hydroxylation is 1. The average molecular weight is 726 g/mol. The molecule has 254 valence electrons. The number of thiazole rings is 1. The van der Waals surface area contributed by atoms with Crippen LogP contribution in [0.4, 0.5) is 11.4 Å². The summed E-state index contributed by atoms with van der Waals surface area (Å²) >= 11 is 9.72. The molecule has 0 spiro atoms. The van der Waals surface area contributed by atoms with Crippen molar-refractivity contribution in [3.05, 3.63) is 99.0 Å². The van der Waals surface area contributed by atoms with E-state index in [1.807, 2.05) is 43.3 Å². The zero-order valence-corrected chi connectivity index (χ0v) is 30.9. The number of fused-ring (bicyclic) bond motifs is 2. The summed E-state index contributed by atoms with van der Waals surface area (Å²) in [4.78, 5) is 18.6. The van der Waals surface area contributed by atoms with Gasteiger partial charge >= 0.3 is 0 Å².